The Morgan fingerprint density at radius 2 is 1.65 bits per heavy atom. The molecule has 2 heterocycles. The van der Waals surface area contributed by atoms with E-state index in [1.54, 1.807) is 42.7 Å². The number of nitrogens with one attached hydrogen (secondary N) is 1. The van der Waals surface area contributed by atoms with Crippen molar-refractivity contribution in [2.24, 2.45) is 5.92 Å². The number of imide groups is 1. The molecule has 0 aliphatic carbocycles. The van der Waals surface area contributed by atoms with E-state index in [1.165, 1.54) is 11.8 Å². The molecule has 3 amide bonds. The SMILES string of the molecule is CCn1c(NC(=O)C(C(C)C)N2C(=O)c3ccccc3C2=O)nnc1SCc1ccccc1Cl. The number of aromatic nitrogens is 3. The molecule has 4 rings (SSSR count). The zero-order valence-electron chi connectivity index (χ0n) is 19.0. The van der Waals surface area contributed by atoms with Crippen LogP contribution in [0.4, 0.5) is 5.95 Å². The average Bonchev–Trinajstić information content (AvgIpc) is 3.32. The van der Waals surface area contributed by atoms with Gasteiger partial charge in [0.05, 0.1) is 11.1 Å². The first-order valence-electron chi connectivity index (χ1n) is 10.9. The molecule has 1 unspecified atom stereocenters. The van der Waals surface area contributed by atoms with Crippen molar-refractivity contribution in [2.75, 3.05) is 5.32 Å². The zero-order valence-corrected chi connectivity index (χ0v) is 20.6. The zero-order chi connectivity index (χ0) is 24.4. The van der Waals surface area contributed by atoms with E-state index in [9.17, 15) is 14.4 Å². The number of halogens is 1. The van der Waals surface area contributed by atoms with Gasteiger partial charge in [-0.3, -0.25) is 29.2 Å². The summed E-state index contributed by atoms with van der Waals surface area (Å²) in [7, 11) is 0. The fourth-order valence-corrected chi connectivity index (χ4v) is 5.18. The summed E-state index contributed by atoms with van der Waals surface area (Å²) in [6.07, 6.45) is 0. The van der Waals surface area contributed by atoms with E-state index in [2.05, 4.69) is 15.5 Å². The molecule has 1 aliphatic heterocycles. The Balaban J connectivity index is 1.54. The van der Waals surface area contributed by atoms with Crippen molar-refractivity contribution in [2.45, 2.75) is 44.3 Å². The van der Waals surface area contributed by atoms with Crippen LogP contribution in [0.2, 0.25) is 5.02 Å². The Labute approximate surface area is 206 Å². The Morgan fingerprint density at radius 1 is 1.03 bits per heavy atom. The number of hydrogen-bond acceptors (Lipinski definition) is 6. The van der Waals surface area contributed by atoms with Gasteiger partial charge in [0.2, 0.25) is 11.9 Å². The molecular weight excluding hydrogens is 474 g/mol. The molecule has 34 heavy (non-hydrogen) atoms. The number of carbonyl (C=O) groups is 3. The summed E-state index contributed by atoms with van der Waals surface area (Å²) in [5.74, 6) is -0.889. The summed E-state index contributed by atoms with van der Waals surface area (Å²) in [4.78, 5) is 40.3. The highest BCUT2D eigenvalue weighted by atomic mass is 35.5. The first kappa shape index (κ1) is 24.0. The number of nitrogens with zero attached hydrogens (tertiary/aromatic N) is 4. The fourth-order valence-electron chi connectivity index (χ4n) is 3.89. The standard InChI is InChI=1S/C24H24ClN5O3S/c1-4-29-23(27-28-24(29)34-13-15-9-5-8-12-18(15)25)26-20(31)19(14(2)3)30-21(32)16-10-6-7-11-17(16)22(30)33/h5-12,14,19H,4,13H2,1-3H3,(H,26,27,31). The Bertz CT molecular complexity index is 1220. The molecule has 1 atom stereocenters. The molecule has 0 saturated carbocycles. The molecule has 2 aromatic carbocycles. The van der Waals surface area contributed by atoms with Crippen LogP contribution in [0.5, 0.6) is 0 Å². The Morgan fingerprint density at radius 3 is 2.24 bits per heavy atom. The van der Waals surface area contributed by atoms with Crippen LogP contribution in [0.15, 0.2) is 53.7 Å². The van der Waals surface area contributed by atoms with Crippen LogP contribution >= 0.6 is 23.4 Å². The minimum absolute atomic E-state index is 0.261. The molecule has 10 heteroatoms. The van der Waals surface area contributed by atoms with Gasteiger partial charge in [0.1, 0.15) is 6.04 Å². The van der Waals surface area contributed by atoms with E-state index in [1.807, 2.05) is 31.2 Å². The van der Waals surface area contributed by atoms with Crippen LogP contribution in [0.3, 0.4) is 0 Å². The van der Waals surface area contributed by atoms with Crippen LogP contribution in [0.25, 0.3) is 0 Å². The van der Waals surface area contributed by atoms with Gasteiger partial charge in [0, 0.05) is 17.3 Å². The van der Waals surface area contributed by atoms with Crippen molar-refractivity contribution in [1.82, 2.24) is 19.7 Å². The average molecular weight is 498 g/mol. The van der Waals surface area contributed by atoms with E-state index >= 15 is 0 Å². The van der Waals surface area contributed by atoms with Gasteiger partial charge in [0.15, 0.2) is 5.16 Å². The lowest BCUT2D eigenvalue weighted by molar-refractivity contribution is -0.121. The number of anilines is 1. The summed E-state index contributed by atoms with van der Waals surface area (Å²) >= 11 is 7.70. The van der Waals surface area contributed by atoms with Gasteiger partial charge < -0.3 is 0 Å². The minimum Gasteiger partial charge on any atom is -0.293 e. The number of amides is 3. The van der Waals surface area contributed by atoms with E-state index in [-0.39, 0.29) is 11.9 Å². The largest absolute Gasteiger partial charge is 0.293 e. The smallest absolute Gasteiger partial charge is 0.262 e. The van der Waals surface area contributed by atoms with Gasteiger partial charge in [-0.15, -0.1) is 10.2 Å². The van der Waals surface area contributed by atoms with E-state index < -0.39 is 23.8 Å². The van der Waals surface area contributed by atoms with Crippen molar-refractivity contribution in [1.29, 1.82) is 0 Å². The van der Waals surface area contributed by atoms with Crippen molar-refractivity contribution in [3.63, 3.8) is 0 Å². The highest BCUT2D eigenvalue weighted by Crippen LogP contribution is 2.29. The second-order valence-corrected chi connectivity index (χ2v) is 9.48. The van der Waals surface area contributed by atoms with Crippen molar-refractivity contribution in [3.05, 3.63) is 70.2 Å². The highest BCUT2D eigenvalue weighted by molar-refractivity contribution is 7.98. The van der Waals surface area contributed by atoms with E-state index in [0.29, 0.717) is 33.6 Å². The topological polar surface area (TPSA) is 97.2 Å². The molecule has 1 aliphatic rings. The summed E-state index contributed by atoms with van der Waals surface area (Å²) in [5.41, 5.74) is 1.58. The third kappa shape index (κ3) is 4.45. The van der Waals surface area contributed by atoms with Gasteiger partial charge >= 0.3 is 0 Å². The maximum Gasteiger partial charge on any atom is 0.262 e. The predicted molar refractivity (Wildman–Crippen MR) is 131 cm³/mol. The first-order valence-corrected chi connectivity index (χ1v) is 12.3. The van der Waals surface area contributed by atoms with Gasteiger partial charge in [-0.2, -0.15) is 0 Å². The maximum atomic E-state index is 13.3. The normalized spacial score (nSPS) is 14.0. The van der Waals surface area contributed by atoms with Crippen LogP contribution in [0, 0.1) is 5.92 Å². The third-order valence-corrected chi connectivity index (χ3v) is 6.97. The molecule has 1 aromatic heterocycles. The third-order valence-electron chi connectivity index (χ3n) is 5.59. The maximum absolute atomic E-state index is 13.3. The Kier molecular flexibility index (Phi) is 7.04. The number of hydrogen-bond donors (Lipinski definition) is 1. The predicted octanol–water partition coefficient (Wildman–Crippen LogP) is 4.50. The first-order chi connectivity index (χ1) is 16.3. The Hall–Kier alpha value is -3.17. The molecule has 0 bridgehead atoms. The van der Waals surface area contributed by atoms with E-state index in [0.717, 1.165) is 10.5 Å². The number of fused-ring (bicyclic) bond motifs is 1. The van der Waals surface area contributed by atoms with Crippen molar-refractivity contribution >= 4 is 47.0 Å². The molecule has 3 aromatic rings. The molecule has 0 spiro atoms. The van der Waals surface area contributed by atoms with Gasteiger partial charge in [-0.05, 0) is 36.6 Å². The molecular formula is C24H24ClN5O3S. The number of thioether (sulfide) groups is 1. The van der Waals surface area contributed by atoms with E-state index in [4.69, 9.17) is 11.6 Å². The lowest BCUT2D eigenvalue weighted by atomic mass is 10.0. The molecule has 8 nitrogen and oxygen atoms in total. The van der Waals surface area contributed by atoms with Gasteiger partial charge in [-0.1, -0.05) is 67.5 Å². The number of carbonyl (C=O) groups excluding carboxylic acids is 3. The lowest BCUT2D eigenvalue weighted by Crippen LogP contribution is -2.50. The van der Waals surface area contributed by atoms with Crippen LogP contribution < -0.4 is 5.32 Å². The second kappa shape index (κ2) is 9.99. The monoisotopic (exact) mass is 497 g/mol. The molecule has 1 N–H and O–H groups in total. The number of benzene rings is 2. The van der Waals surface area contributed by atoms with Gasteiger partial charge in [-0.25, -0.2) is 0 Å². The second-order valence-electron chi connectivity index (χ2n) is 8.13. The highest BCUT2D eigenvalue weighted by Gasteiger charge is 2.44. The molecule has 0 saturated heterocycles. The lowest BCUT2D eigenvalue weighted by Gasteiger charge is -2.28. The quantitative estimate of drug-likeness (QED) is 0.363. The fraction of sp³-hybridized carbons (Fsp3) is 0.292. The summed E-state index contributed by atoms with van der Waals surface area (Å²) in [5, 5.41) is 12.4. The van der Waals surface area contributed by atoms with Gasteiger partial charge in [0.25, 0.3) is 11.8 Å². The van der Waals surface area contributed by atoms with Crippen LogP contribution in [0.1, 0.15) is 47.1 Å². The van der Waals surface area contributed by atoms with Crippen LogP contribution in [-0.4, -0.2) is 43.4 Å². The molecule has 176 valence electrons. The number of rotatable bonds is 8. The molecule has 0 fully saturated rings. The van der Waals surface area contributed by atoms with Crippen LogP contribution in [-0.2, 0) is 17.1 Å². The summed E-state index contributed by atoms with van der Waals surface area (Å²) in [6, 6.07) is 13.2. The summed E-state index contributed by atoms with van der Waals surface area (Å²) < 4.78 is 1.78. The van der Waals surface area contributed by atoms with Crippen molar-refractivity contribution < 1.29 is 14.4 Å². The van der Waals surface area contributed by atoms with Crippen molar-refractivity contribution in [3.8, 4) is 0 Å². The summed E-state index contributed by atoms with van der Waals surface area (Å²) in [6.45, 7) is 6.03. The molecule has 0 radical (unpaired) electrons. The minimum atomic E-state index is -0.992.